The SMILES string of the molecule is CCN(Cc1ccccn1)c1nccc(C(=O)O)c1F. The molecular weight excluding hydrogens is 261 g/mol. The van der Waals surface area contributed by atoms with E-state index in [0.29, 0.717) is 13.1 Å². The Balaban J connectivity index is 2.33. The Morgan fingerprint density at radius 3 is 2.70 bits per heavy atom. The van der Waals surface area contributed by atoms with Crippen molar-refractivity contribution >= 4 is 11.8 Å². The van der Waals surface area contributed by atoms with Crippen LogP contribution in [-0.4, -0.2) is 27.6 Å². The number of carboxylic acids is 1. The number of nitrogens with zero attached hydrogens (tertiary/aromatic N) is 3. The fraction of sp³-hybridized carbons (Fsp3) is 0.214. The number of pyridine rings is 2. The molecular formula is C14H14FN3O2. The molecule has 2 heterocycles. The molecule has 0 saturated heterocycles. The molecule has 0 fully saturated rings. The third-order valence-corrected chi connectivity index (χ3v) is 2.86. The number of hydrogen-bond donors (Lipinski definition) is 1. The van der Waals surface area contributed by atoms with Gasteiger partial charge in [-0.15, -0.1) is 0 Å². The molecule has 0 spiro atoms. The molecule has 0 unspecified atom stereocenters. The highest BCUT2D eigenvalue weighted by atomic mass is 19.1. The van der Waals surface area contributed by atoms with Crippen molar-refractivity contribution in [2.24, 2.45) is 0 Å². The molecule has 2 aromatic heterocycles. The van der Waals surface area contributed by atoms with Crippen LogP contribution in [0.2, 0.25) is 0 Å². The summed E-state index contributed by atoms with van der Waals surface area (Å²) >= 11 is 0. The maximum atomic E-state index is 14.2. The van der Waals surface area contributed by atoms with Gasteiger partial charge in [0.15, 0.2) is 11.6 Å². The lowest BCUT2D eigenvalue weighted by Gasteiger charge is -2.22. The van der Waals surface area contributed by atoms with E-state index in [0.717, 1.165) is 11.8 Å². The second-order valence-corrected chi connectivity index (χ2v) is 4.14. The molecule has 0 radical (unpaired) electrons. The molecule has 20 heavy (non-hydrogen) atoms. The van der Waals surface area contributed by atoms with Crippen molar-refractivity contribution in [1.82, 2.24) is 9.97 Å². The Morgan fingerprint density at radius 1 is 1.30 bits per heavy atom. The van der Waals surface area contributed by atoms with Gasteiger partial charge in [-0.05, 0) is 25.1 Å². The molecule has 2 aromatic rings. The quantitative estimate of drug-likeness (QED) is 0.907. The molecule has 0 saturated carbocycles. The Bertz CT molecular complexity index is 605. The predicted octanol–water partition coefficient (Wildman–Crippen LogP) is 2.34. The van der Waals surface area contributed by atoms with E-state index < -0.39 is 11.8 Å². The van der Waals surface area contributed by atoms with E-state index in [1.807, 2.05) is 19.1 Å². The van der Waals surface area contributed by atoms with Crippen molar-refractivity contribution in [3.8, 4) is 0 Å². The maximum absolute atomic E-state index is 14.2. The van der Waals surface area contributed by atoms with Crippen LogP contribution in [0.25, 0.3) is 0 Å². The van der Waals surface area contributed by atoms with Crippen molar-refractivity contribution < 1.29 is 14.3 Å². The molecule has 1 N–H and O–H groups in total. The average molecular weight is 275 g/mol. The number of rotatable bonds is 5. The lowest BCUT2D eigenvalue weighted by Crippen LogP contribution is -2.25. The molecule has 0 amide bonds. The summed E-state index contributed by atoms with van der Waals surface area (Å²) in [6.45, 7) is 2.70. The van der Waals surface area contributed by atoms with E-state index in [9.17, 15) is 9.18 Å². The van der Waals surface area contributed by atoms with Gasteiger partial charge in [0, 0.05) is 18.9 Å². The molecule has 104 valence electrons. The van der Waals surface area contributed by atoms with Crippen molar-refractivity contribution in [3.63, 3.8) is 0 Å². The van der Waals surface area contributed by atoms with Crippen LogP contribution in [0.5, 0.6) is 0 Å². The van der Waals surface area contributed by atoms with Crippen molar-refractivity contribution in [2.45, 2.75) is 13.5 Å². The summed E-state index contributed by atoms with van der Waals surface area (Å²) < 4.78 is 14.2. The summed E-state index contributed by atoms with van der Waals surface area (Å²) in [6, 6.07) is 6.61. The van der Waals surface area contributed by atoms with Gasteiger partial charge in [-0.1, -0.05) is 6.07 Å². The van der Waals surface area contributed by atoms with Crippen LogP contribution in [0.4, 0.5) is 10.2 Å². The van der Waals surface area contributed by atoms with Gasteiger partial charge in [0.2, 0.25) is 0 Å². The van der Waals surface area contributed by atoms with Crippen LogP contribution < -0.4 is 4.90 Å². The number of carbonyl (C=O) groups is 1. The monoisotopic (exact) mass is 275 g/mol. The third-order valence-electron chi connectivity index (χ3n) is 2.86. The largest absolute Gasteiger partial charge is 0.478 e. The molecule has 0 aromatic carbocycles. The molecule has 0 bridgehead atoms. The summed E-state index contributed by atoms with van der Waals surface area (Å²) in [7, 11) is 0. The average Bonchev–Trinajstić information content (AvgIpc) is 2.46. The highest BCUT2D eigenvalue weighted by Gasteiger charge is 2.19. The van der Waals surface area contributed by atoms with Gasteiger partial charge in [0.05, 0.1) is 12.2 Å². The Labute approximate surface area is 115 Å². The molecule has 0 aliphatic carbocycles. The van der Waals surface area contributed by atoms with E-state index in [1.165, 1.54) is 6.20 Å². The minimum atomic E-state index is -1.31. The topological polar surface area (TPSA) is 66.3 Å². The number of carboxylic acid groups (broad SMARTS) is 1. The fourth-order valence-corrected chi connectivity index (χ4v) is 1.84. The van der Waals surface area contributed by atoms with Gasteiger partial charge in [-0.3, -0.25) is 4.98 Å². The standard InChI is InChI=1S/C14H14FN3O2/c1-2-18(9-10-5-3-4-7-16-10)13-12(15)11(14(19)20)6-8-17-13/h3-8H,2,9H2,1H3,(H,19,20). The van der Waals surface area contributed by atoms with E-state index in [1.54, 1.807) is 17.2 Å². The molecule has 5 nitrogen and oxygen atoms in total. The van der Waals surface area contributed by atoms with E-state index in [4.69, 9.17) is 5.11 Å². The van der Waals surface area contributed by atoms with E-state index >= 15 is 0 Å². The highest BCUT2D eigenvalue weighted by molar-refractivity contribution is 5.88. The smallest absolute Gasteiger partial charge is 0.338 e. The lowest BCUT2D eigenvalue weighted by atomic mass is 10.2. The summed E-state index contributed by atoms with van der Waals surface area (Å²) in [5, 5.41) is 8.94. The molecule has 0 aliphatic rings. The molecule has 2 rings (SSSR count). The van der Waals surface area contributed by atoms with Crippen LogP contribution in [0, 0.1) is 5.82 Å². The third kappa shape index (κ3) is 2.90. The number of halogens is 1. The molecule has 0 aliphatic heterocycles. The lowest BCUT2D eigenvalue weighted by molar-refractivity contribution is 0.0691. The normalized spacial score (nSPS) is 10.3. The minimum Gasteiger partial charge on any atom is -0.478 e. The summed E-state index contributed by atoms with van der Waals surface area (Å²) in [6.07, 6.45) is 2.95. The number of hydrogen-bond acceptors (Lipinski definition) is 4. The van der Waals surface area contributed by atoms with Crippen LogP contribution in [-0.2, 0) is 6.54 Å². The van der Waals surface area contributed by atoms with Crippen molar-refractivity contribution in [3.05, 3.63) is 53.7 Å². The van der Waals surface area contributed by atoms with Crippen LogP contribution in [0.3, 0.4) is 0 Å². The van der Waals surface area contributed by atoms with Crippen molar-refractivity contribution in [1.29, 1.82) is 0 Å². The van der Waals surface area contributed by atoms with E-state index in [-0.39, 0.29) is 11.4 Å². The van der Waals surface area contributed by atoms with Gasteiger partial charge in [0.1, 0.15) is 5.56 Å². The second-order valence-electron chi connectivity index (χ2n) is 4.14. The zero-order valence-electron chi connectivity index (χ0n) is 11.0. The number of anilines is 1. The first-order chi connectivity index (χ1) is 9.63. The summed E-state index contributed by atoms with van der Waals surface area (Å²) in [4.78, 5) is 20.7. The van der Waals surface area contributed by atoms with Crippen LogP contribution >= 0.6 is 0 Å². The van der Waals surface area contributed by atoms with Gasteiger partial charge < -0.3 is 10.0 Å². The van der Waals surface area contributed by atoms with Gasteiger partial charge in [-0.25, -0.2) is 14.2 Å². The van der Waals surface area contributed by atoms with Crippen LogP contribution in [0.1, 0.15) is 23.0 Å². The first-order valence-corrected chi connectivity index (χ1v) is 6.16. The zero-order chi connectivity index (χ0) is 14.5. The highest BCUT2D eigenvalue weighted by Crippen LogP contribution is 2.20. The summed E-state index contributed by atoms with van der Waals surface area (Å²) in [5.74, 6) is -2.10. The Hall–Kier alpha value is -2.50. The van der Waals surface area contributed by atoms with Gasteiger partial charge in [0.25, 0.3) is 0 Å². The minimum absolute atomic E-state index is 0.0260. The zero-order valence-corrected chi connectivity index (χ0v) is 11.0. The van der Waals surface area contributed by atoms with Crippen LogP contribution in [0.15, 0.2) is 36.7 Å². The molecule has 0 atom stereocenters. The van der Waals surface area contributed by atoms with Gasteiger partial charge >= 0.3 is 5.97 Å². The van der Waals surface area contributed by atoms with Crippen molar-refractivity contribution in [2.75, 3.05) is 11.4 Å². The first kappa shape index (κ1) is 13.9. The number of aromatic carboxylic acids is 1. The summed E-state index contributed by atoms with van der Waals surface area (Å²) in [5.41, 5.74) is 0.380. The number of aromatic nitrogens is 2. The Morgan fingerprint density at radius 2 is 2.10 bits per heavy atom. The molecule has 6 heteroatoms. The Kier molecular flexibility index (Phi) is 4.24. The second kappa shape index (κ2) is 6.10. The fourth-order valence-electron chi connectivity index (χ4n) is 1.84. The van der Waals surface area contributed by atoms with Gasteiger partial charge in [-0.2, -0.15) is 0 Å². The first-order valence-electron chi connectivity index (χ1n) is 6.16. The predicted molar refractivity (Wildman–Crippen MR) is 72.1 cm³/mol. The van der Waals surface area contributed by atoms with E-state index in [2.05, 4.69) is 9.97 Å². The maximum Gasteiger partial charge on any atom is 0.338 e.